The molecule has 1 N–H and O–H groups in total. The molecule has 2 aromatic rings. The molecular weight excluding hydrogens is 290 g/mol. The molecule has 0 unspecified atom stereocenters. The van der Waals surface area contributed by atoms with Crippen molar-refractivity contribution in [1.29, 1.82) is 0 Å². The van der Waals surface area contributed by atoms with E-state index in [2.05, 4.69) is 5.32 Å². The number of hydrogen-bond acceptors (Lipinski definition) is 3. The van der Waals surface area contributed by atoms with Crippen molar-refractivity contribution in [2.45, 2.75) is 31.9 Å². The molecule has 4 heteroatoms. The van der Waals surface area contributed by atoms with E-state index >= 15 is 0 Å². The van der Waals surface area contributed by atoms with Gasteiger partial charge in [-0.25, -0.2) is 0 Å². The van der Waals surface area contributed by atoms with Crippen LogP contribution in [0.5, 0.6) is 11.5 Å². The fraction of sp³-hybridized carbons (Fsp3) is 0.316. The predicted octanol–water partition coefficient (Wildman–Crippen LogP) is 3.48. The Hall–Kier alpha value is -2.49. The van der Waals surface area contributed by atoms with E-state index in [1.807, 2.05) is 61.5 Å². The molecule has 4 nitrogen and oxygen atoms in total. The Morgan fingerprint density at radius 3 is 2.74 bits per heavy atom. The Kier molecular flexibility index (Phi) is 4.81. The predicted molar refractivity (Wildman–Crippen MR) is 88.6 cm³/mol. The number of rotatable bonds is 5. The van der Waals surface area contributed by atoms with Crippen molar-refractivity contribution in [3.05, 3.63) is 60.2 Å². The van der Waals surface area contributed by atoms with Crippen LogP contribution in [0.15, 0.2) is 54.6 Å². The quantitative estimate of drug-likeness (QED) is 0.919. The summed E-state index contributed by atoms with van der Waals surface area (Å²) in [6.07, 6.45) is 0.892. The van der Waals surface area contributed by atoms with E-state index in [1.54, 1.807) is 0 Å². The highest BCUT2D eigenvalue weighted by molar-refractivity contribution is 5.81. The van der Waals surface area contributed by atoms with Gasteiger partial charge in [-0.3, -0.25) is 4.79 Å². The molecule has 0 aliphatic carbocycles. The van der Waals surface area contributed by atoms with Crippen LogP contribution in [0, 0.1) is 0 Å². The molecule has 23 heavy (non-hydrogen) atoms. The Balaban J connectivity index is 1.68. The minimum absolute atomic E-state index is 0.0270. The van der Waals surface area contributed by atoms with Crippen LogP contribution in [0.1, 0.15) is 31.4 Å². The van der Waals surface area contributed by atoms with Crippen molar-refractivity contribution in [1.82, 2.24) is 5.32 Å². The van der Waals surface area contributed by atoms with Crippen LogP contribution in [0.2, 0.25) is 0 Å². The monoisotopic (exact) mass is 311 g/mol. The molecule has 3 rings (SSSR count). The number of carbonyl (C=O) groups excluding carboxylic acids is 1. The largest absolute Gasteiger partial charge is 0.493 e. The number of hydrogen-bond donors (Lipinski definition) is 1. The van der Waals surface area contributed by atoms with Gasteiger partial charge < -0.3 is 14.8 Å². The maximum absolute atomic E-state index is 12.6. The molecule has 0 saturated carbocycles. The number of ether oxygens (including phenoxy) is 2. The smallest absolute Gasteiger partial charge is 0.261 e. The van der Waals surface area contributed by atoms with E-state index in [9.17, 15) is 4.79 Å². The van der Waals surface area contributed by atoms with Crippen LogP contribution < -0.4 is 14.8 Å². The number of nitrogens with one attached hydrogen (secondary N) is 1. The van der Waals surface area contributed by atoms with Gasteiger partial charge in [0.05, 0.1) is 12.6 Å². The van der Waals surface area contributed by atoms with Crippen LogP contribution in [0.4, 0.5) is 0 Å². The molecule has 0 fully saturated rings. The first kappa shape index (κ1) is 15.4. The first-order valence-electron chi connectivity index (χ1n) is 8.01. The van der Waals surface area contributed by atoms with E-state index in [-0.39, 0.29) is 11.9 Å². The summed E-state index contributed by atoms with van der Waals surface area (Å²) < 4.78 is 11.4. The average molecular weight is 311 g/mol. The summed E-state index contributed by atoms with van der Waals surface area (Å²) in [5, 5.41) is 3.10. The van der Waals surface area contributed by atoms with Gasteiger partial charge in [0.15, 0.2) is 6.10 Å². The third-order valence-electron chi connectivity index (χ3n) is 3.96. The first-order valence-corrected chi connectivity index (χ1v) is 8.01. The lowest BCUT2D eigenvalue weighted by molar-refractivity contribution is -0.129. The maximum Gasteiger partial charge on any atom is 0.261 e. The third kappa shape index (κ3) is 3.65. The molecule has 0 radical (unpaired) electrons. The number of carbonyl (C=O) groups is 1. The molecule has 1 amide bonds. The minimum atomic E-state index is -0.493. The van der Waals surface area contributed by atoms with Crippen LogP contribution in [0.25, 0.3) is 0 Å². The normalized spacial score (nSPS) is 17.5. The van der Waals surface area contributed by atoms with Crippen LogP contribution in [-0.4, -0.2) is 18.6 Å². The summed E-state index contributed by atoms with van der Waals surface area (Å²) in [6, 6.07) is 17.3. The highest BCUT2D eigenvalue weighted by Crippen LogP contribution is 2.31. The number of fused-ring (bicyclic) bond motifs is 1. The fourth-order valence-corrected chi connectivity index (χ4v) is 2.74. The summed E-state index contributed by atoms with van der Waals surface area (Å²) in [5.74, 6) is 1.47. The molecule has 0 bridgehead atoms. The van der Waals surface area contributed by atoms with Crippen LogP contribution in [0.3, 0.4) is 0 Å². The lowest BCUT2D eigenvalue weighted by Crippen LogP contribution is -2.41. The molecule has 2 aromatic carbocycles. The number of para-hydroxylation sites is 2. The van der Waals surface area contributed by atoms with Crippen molar-refractivity contribution >= 4 is 5.91 Å². The van der Waals surface area contributed by atoms with Crippen LogP contribution in [-0.2, 0) is 4.79 Å². The lowest BCUT2D eigenvalue weighted by Gasteiger charge is -2.28. The molecule has 0 spiro atoms. The summed E-state index contributed by atoms with van der Waals surface area (Å²) in [6.45, 7) is 2.56. The van der Waals surface area contributed by atoms with Gasteiger partial charge in [0, 0.05) is 12.0 Å². The molecule has 1 aliphatic rings. The second-order valence-electron chi connectivity index (χ2n) is 5.56. The number of benzene rings is 2. The molecule has 1 heterocycles. The third-order valence-corrected chi connectivity index (χ3v) is 3.96. The molecular formula is C19H21NO3. The van der Waals surface area contributed by atoms with Crippen molar-refractivity contribution in [2.75, 3.05) is 6.61 Å². The van der Waals surface area contributed by atoms with Gasteiger partial charge in [-0.15, -0.1) is 0 Å². The summed E-state index contributed by atoms with van der Waals surface area (Å²) in [7, 11) is 0. The van der Waals surface area contributed by atoms with Gasteiger partial charge >= 0.3 is 0 Å². The minimum Gasteiger partial charge on any atom is -0.493 e. The van der Waals surface area contributed by atoms with Gasteiger partial charge in [-0.2, -0.15) is 0 Å². The highest BCUT2D eigenvalue weighted by Gasteiger charge is 2.26. The molecule has 1 aliphatic heterocycles. The molecule has 2 atom stereocenters. The summed E-state index contributed by atoms with van der Waals surface area (Å²) >= 11 is 0. The van der Waals surface area contributed by atoms with Crippen molar-refractivity contribution < 1.29 is 14.3 Å². The lowest BCUT2D eigenvalue weighted by atomic mass is 10.0. The fourth-order valence-electron chi connectivity index (χ4n) is 2.74. The highest BCUT2D eigenvalue weighted by atomic mass is 16.5. The summed E-state index contributed by atoms with van der Waals surface area (Å²) in [4.78, 5) is 12.6. The summed E-state index contributed by atoms with van der Waals surface area (Å²) in [5.41, 5.74) is 1.03. The van der Waals surface area contributed by atoms with Gasteiger partial charge in [-0.1, -0.05) is 43.3 Å². The van der Waals surface area contributed by atoms with Crippen molar-refractivity contribution in [3.63, 3.8) is 0 Å². The van der Waals surface area contributed by atoms with E-state index in [0.29, 0.717) is 18.8 Å². The Bertz CT molecular complexity index is 657. The zero-order valence-electron chi connectivity index (χ0n) is 13.2. The molecule has 0 aromatic heterocycles. The average Bonchev–Trinajstić information content (AvgIpc) is 2.61. The van der Waals surface area contributed by atoms with E-state index in [0.717, 1.165) is 17.7 Å². The zero-order chi connectivity index (χ0) is 16.1. The Morgan fingerprint density at radius 2 is 1.96 bits per heavy atom. The van der Waals surface area contributed by atoms with Crippen molar-refractivity contribution in [2.24, 2.45) is 0 Å². The second kappa shape index (κ2) is 7.18. The van der Waals surface area contributed by atoms with Crippen LogP contribution >= 0.6 is 0 Å². The molecule has 0 saturated heterocycles. The van der Waals surface area contributed by atoms with Gasteiger partial charge in [0.1, 0.15) is 11.5 Å². The Morgan fingerprint density at radius 1 is 1.22 bits per heavy atom. The maximum atomic E-state index is 12.6. The SMILES string of the molecule is CC[C@@H](Oc1ccccc1)C(=O)N[C@H]1CCOc2ccccc21. The molecule has 120 valence electrons. The van der Waals surface area contributed by atoms with E-state index in [4.69, 9.17) is 9.47 Å². The standard InChI is InChI=1S/C19H21NO3/c1-2-17(23-14-8-4-3-5-9-14)19(21)20-16-12-13-22-18-11-7-6-10-15(16)18/h3-11,16-17H,2,12-13H2,1H3,(H,20,21)/t16-,17+/m0/s1. The van der Waals surface area contributed by atoms with Crippen molar-refractivity contribution in [3.8, 4) is 11.5 Å². The number of amides is 1. The first-order chi connectivity index (χ1) is 11.3. The van der Waals surface area contributed by atoms with Gasteiger partial charge in [0.2, 0.25) is 0 Å². The topological polar surface area (TPSA) is 47.6 Å². The second-order valence-corrected chi connectivity index (χ2v) is 5.56. The Labute approximate surface area is 136 Å². The van der Waals surface area contributed by atoms with E-state index in [1.165, 1.54) is 0 Å². The van der Waals surface area contributed by atoms with Gasteiger partial charge in [0.25, 0.3) is 5.91 Å². The van der Waals surface area contributed by atoms with E-state index < -0.39 is 6.10 Å². The zero-order valence-corrected chi connectivity index (χ0v) is 13.2. The van der Waals surface area contributed by atoms with Gasteiger partial charge in [-0.05, 0) is 24.6 Å².